The second kappa shape index (κ2) is 7.77. The average Bonchev–Trinajstić information content (AvgIpc) is 2.53. The van der Waals surface area contributed by atoms with E-state index in [0.29, 0.717) is 10.6 Å². The zero-order chi connectivity index (χ0) is 17.7. The quantitative estimate of drug-likeness (QED) is 0.758. The van der Waals surface area contributed by atoms with E-state index in [2.05, 4.69) is 5.32 Å². The molecule has 0 aliphatic heterocycles. The topological polar surface area (TPSA) is 38.3 Å². The number of halogens is 5. The molecular formula is C16H12Cl2F3NO2. The number of nitrogens with one attached hydrogen (secondary N) is 1. The third-order valence-electron chi connectivity index (χ3n) is 3.00. The summed E-state index contributed by atoms with van der Waals surface area (Å²) >= 11 is 11.6. The number of carbonyl (C=O) groups is 1. The van der Waals surface area contributed by atoms with Gasteiger partial charge in [0, 0.05) is 5.56 Å². The smallest absolute Gasteiger partial charge is 0.416 e. The Morgan fingerprint density at radius 2 is 1.83 bits per heavy atom. The van der Waals surface area contributed by atoms with Crippen molar-refractivity contribution < 1.29 is 22.7 Å². The Balaban J connectivity index is 1.84. The van der Waals surface area contributed by atoms with E-state index >= 15 is 0 Å². The summed E-state index contributed by atoms with van der Waals surface area (Å²) in [4.78, 5) is 11.9. The van der Waals surface area contributed by atoms with Gasteiger partial charge in [0.2, 0.25) is 0 Å². The number of ether oxygens (including phenoxy) is 1. The molecule has 0 aromatic heterocycles. The molecule has 0 aliphatic rings. The van der Waals surface area contributed by atoms with Gasteiger partial charge in [0.15, 0.2) is 0 Å². The van der Waals surface area contributed by atoms with Gasteiger partial charge in [-0.3, -0.25) is 4.79 Å². The Hall–Kier alpha value is -1.92. The maximum atomic E-state index is 12.6. The molecule has 3 nitrogen and oxygen atoms in total. The molecule has 128 valence electrons. The van der Waals surface area contributed by atoms with Crippen molar-refractivity contribution in [3.8, 4) is 5.75 Å². The fourth-order valence-corrected chi connectivity index (χ4v) is 2.13. The minimum absolute atomic E-state index is 0.0222. The van der Waals surface area contributed by atoms with E-state index < -0.39 is 11.7 Å². The number of hydrogen-bond acceptors (Lipinski definition) is 2. The summed E-state index contributed by atoms with van der Waals surface area (Å²) in [5.74, 6) is -0.310. The van der Waals surface area contributed by atoms with Gasteiger partial charge in [0.05, 0.1) is 22.2 Å². The largest absolute Gasteiger partial charge is 0.492 e. The lowest BCUT2D eigenvalue weighted by molar-refractivity contribution is -0.137. The molecule has 1 amide bonds. The minimum Gasteiger partial charge on any atom is -0.492 e. The van der Waals surface area contributed by atoms with E-state index in [1.165, 1.54) is 30.3 Å². The maximum Gasteiger partial charge on any atom is 0.416 e. The van der Waals surface area contributed by atoms with Crippen LogP contribution < -0.4 is 10.1 Å². The van der Waals surface area contributed by atoms with Gasteiger partial charge in [-0.05, 0) is 36.4 Å². The van der Waals surface area contributed by atoms with Gasteiger partial charge in [0.25, 0.3) is 5.91 Å². The van der Waals surface area contributed by atoms with Gasteiger partial charge >= 0.3 is 6.18 Å². The Bertz CT molecular complexity index is 736. The Morgan fingerprint density at radius 1 is 1.08 bits per heavy atom. The van der Waals surface area contributed by atoms with Crippen molar-refractivity contribution in [2.75, 3.05) is 13.2 Å². The van der Waals surface area contributed by atoms with Crippen LogP contribution in [0.3, 0.4) is 0 Å². The van der Waals surface area contributed by atoms with Gasteiger partial charge in [0.1, 0.15) is 12.4 Å². The second-order valence-electron chi connectivity index (χ2n) is 4.76. The first-order chi connectivity index (χ1) is 11.3. The maximum absolute atomic E-state index is 12.6. The van der Waals surface area contributed by atoms with E-state index in [4.69, 9.17) is 27.9 Å². The van der Waals surface area contributed by atoms with Gasteiger partial charge in [-0.2, -0.15) is 13.2 Å². The van der Waals surface area contributed by atoms with Crippen molar-refractivity contribution in [3.05, 3.63) is 63.6 Å². The Morgan fingerprint density at radius 3 is 2.50 bits per heavy atom. The lowest BCUT2D eigenvalue weighted by Gasteiger charge is -2.11. The molecule has 0 fully saturated rings. The lowest BCUT2D eigenvalue weighted by atomic mass is 10.2. The molecule has 24 heavy (non-hydrogen) atoms. The van der Waals surface area contributed by atoms with Crippen LogP contribution in [0.2, 0.25) is 10.0 Å². The van der Waals surface area contributed by atoms with Crippen molar-refractivity contribution in [2.45, 2.75) is 6.18 Å². The van der Waals surface area contributed by atoms with Crippen LogP contribution in [0.5, 0.6) is 5.75 Å². The monoisotopic (exact) mass is 377 g/mol. The summed E-state index contributed by atoms with van der Waals surface area (Å²) in [6.45, 7) is 0.143. The molecule has 0 unspecified atom stereocenters. The number of benzene rings is 2. The van der Waals surface area contributed by atoms with Crippen molar-refractivity contribution in [1.29, 1.82) is 0 Å². The first-order valence-electron chi connectivity index (χ1n) is 6.80. The van der Waals surface area contributed by atoms with Crippen molar-refractivity contribution >= 4 is 29.1 Å². The lowest BCUT2D eigenvalue weighted by Crippen LogP contribution is -2.28. The van der Waals surface area contributed by atoms with Crippen LogP contribution in [0, 0.1) is 0 Å². The molecule has 0 saturated carbocycles. The Labute approximate surface area is 146 Å². The fraction of sp³-hybridized carbons (Fsp3) is 0.188. The molecule has 0 aliphatic carbocycles. The highest BCUT2D eigenvalue weighted by Crippen LogP contribution is 2.31. The van der Waals surface area contributed by atoms with Crippen LogP contribution in [0.15, 0.2) is 42.5 Å². The predicted molar refractivity (Wildman–Crippen MR) is 85.7 cm³/mol. The molecule has 0 radical (unpaired) electrons. The normalized spacial score (nSPS) is 11.2. The SMILES string of the molecule is O=C(NCCOc1cccc(C(F)(F)F)c1)c1ccc(Cl)c(Cl)c1. The molecule has 8 heteroatoms. The zero-order valence-electron chi connectivity index (χ0n) is 12.2. The predicted octanol–water partition coefficient (Wildman–Crippen LogP) is 4.82. The minimum atomic E-state index is -4.43. The summed E-state index contributed by atoms with van der Waals surface area (Å²) in [6.07, 6.45) is -4.43. The van der Waals surface area contributed by atoms with E-state index in [9.17, 15) is 18.0 Å². The summed E-state index contributed by atoms with van der Waals surface area (Å²) in [5, 5.41) is 3.16. The van der Waals surface area contributed by atoms with Gasteiger partial charge in [-0.1, -0.05) is 29.3 Å². The van der Waals surface area contributed by atoms with E-state index in [-0.39, 0.29) is 29.8 Å². The summed E-state index contributed by atoms with van der Waals surface area (Å²) < 4.78 is 42.9. The Kier molecular flexibility index (Phi) is 5.96. The number of rotatable bonds is 5. The highest BCUT2D eigenvalue weighted by atomic mass is 35.5. The van der Waals surface area contributed by atoms with Crippen molar-refractivity contribution in [3.63, 3.8) is 0 Å². The van der Waals surface area contributed by atoms with Gasteiger partial charge in [-0.25, -0.2) is 0 Å². The highest BCUT2D eigenvalue weighted by molar-refractivity contribution is 6.42. The fourth-order valence-electron chi connectivity index (χ4n) is 1.84. The molecule has 0 heterocycles. The summed E-state index contributed by atoms with van der Waals surface area (Å²) in [6, 6.07) is 8.96. The number of carbonyl (C=O) groups excluding carboxylic acids is 1. The van der Waals surface area contributed by atoms with Crippen LogP contribution >= 0.6 is 23.2 Å². The van der Waals surface area contributed by atoms with E-state index in [1.807, 2.05) is 0 Å². The number of alkyl halides is 3. The highest BCUT2D eigenvalue weighted by Gasteiger charge is 2.30. The van der Waals surface area contributed by atoms with E-state index in [0.717, 1.165) is 12.1 Å². The standard InChI is InChI=1S/C16H12Cl2F3NO2/c17-13-5-4-10(8-14(13)18)15(23)22-6-7-24-12-3-1-2-11(9-12)16(19,20)21/h1-5,8-9H,6-7H2,(H,22,23). The molecule has 0 atom stereocenters. The van der Waals surface area contributed by atoms with Crippen LogP contribution in [0.4, 0.5) is 13.2 Å². The average molecular weight is 378 g/mol. The van der Waals surface area contributed by atoms with Crippen LogP contribution in [0.25, 0.3) is 0 Å². The molecule has 2 aromatic rings. The molecule has 2 rings (SSSR count). The molecule has 0 bridgehead atoms. The summed E-state index contributed by atoms with van der Waals surface area (Å²) in [5.41, 5.74) is -0.469. The zero-order valence-corrected chi connectivity index (χ0v) is 13.7. The first-order valence-corrected chi connectivity index (χ1v) is 7.56. The number of amides is 1. The summed E-state index contributed by atoms with van der Waals surface area (Å²) in [7, 11) is 0. The number of hydrogen-bond donors (Lipinski definition) is 1. The molecule has 2 aromatic carbocycles. The molecular weight excluding hydrogens is 366 g/mol. The third-order valence-corrected chi connectivity index (χ3v) is 3.74. The molecule has 1 N–H and O–H groups in total. The van der Waals surface area contributed by atoms with Gasteiger partial charge in [-0.15, -0.1) is 0 Å². The van der Waals surface area contributed by atoms with Crippen LogP contribution in [-0.2, 0) is 6.18 Å². The van der Waals surface area contributed by atoms with Crippen molar-refractivity contribution in [2.24, 2.45) is 0 Å². The molecule has 0 saturated heterocycles. The first kappa shape index (κ1) is 18.4. The van der Waals surface area contributed by atoms with E-state index in [1.54, 1.807) is 0 Å². The second-order valence-corrected chi connectivity index (χ2v) is 5.57. The van der Waals surface area contributed by atoms with Gasteiger partial charge < -0.3 is 10.1 Å². The van der Waals surface area contributed by atoms with Crippen LogP contribution in [0.1, 0.15) is 15.9 Å². The third kappa shape index (κ3) is 5.04. The van der Waals surface area contributed by atoms with Crippen molar-refractivity contribution in [1.82, 2.24) is 5.32 Å². The van der Waals surface area contributed by atoms with Crippen LogP contribution in [-0.4, -0.2) is 19.1 Å². The molecule has 0 spiro atoms.